The van der Waals surface area contributed by atoms with Crippen LogP contribution in [0.4, 0.5) is 8.78 Å². The van der Waals surface area contributed by atoms with Gasteiger partial charge in [0.1, 0.15) is 5.76 Å². The van der Waals surface area contributed by atoms with Gasteiger partial charge in [-0.2, -0.15) is 8.78 Å². The number of nitrogens with zero attached hydrogens (tertiary/aromatic N) is 1. The second-order valence-corrected chi connectivity index (χ2v) is 5.56. The van der Waals surface area contributed by atoms with Crippen molar-refractivity contribution in [3.05, 3.63) is 54.0 Å². The topological polar surface area (TPSA) is 78.2 Å². The van der Waals surface area contributed by atoms with Crippen LogP contribution in [0.25, 0.3) is 6.08 Å². The highest BCUT2D eigenvalue weighted by Gasteiger charge is 2.13. The summed E-state index contributed by atoms with van der Waals surface area (Å²) in [6.07, 6.45) is 4.01. The standard InChI is InChI=1S/C19H19F2NO6/c1-22(11-14-4-3-9-26-14)17(23)12-27-18(24)8-6-13-5-7-15(28-19(20)21)16(10-13)25-2/h3-10,19H,11-12H2,1-2H3/b8-6+. The van der Waals surface area contributed by atoms with Gasteiger partial charge in [0, 0.05) is 13.1 Å². The number of ether oxygens (including phenoxy) is 3. The van der Waals surface area contributed by atoms with Gasteiger partial charge in [-0.3, -0.25) is 4.79 Å². The molecule has 0 saturated heterocycles. The summed E-state index contributed by atoms with van der Waals surface area (Å²) < 4.78 is 44.0. The molecule has 0 spiro atoms. The minimum Gasteiger partial charge on any atom is -0.493 e. The molecule has 2 rings (SSSR count). The smallest absolute Gasteiger partial charge is 0.387 e. The third-order valence-electron chi connectivity index (χ3n) is 3.55. The van der Waals surface area contributed by atoms with E-state index >= 15 is 0 Å². The quantitative estimate of drug-likeness (QED) is 0.480. The number of alkyl halides is 2. The van der Waals surface area contributed by atoms with Crippen LogP contribution in [0.3, 0.4) is 0 Å². The second kappa shape index (κ2) is 10.1. The van der Waals surface area contributed by atoms with E-state index in [9.17, 15) is 18.4 Å². The molecule has 0 aliphatic carbocycles. The molecule has 1 heterocycles. The third kappa shape index (κ3) is 6.42. The number of rotatable bonds is 9. The van der Waals surface area contributed by atoms with Crippen LogP contribution in [-0.4, -0.2) is 44.2 Å². The van der Waals surface area contributed by atoms with Crippen LogP contribution in [0.5, 0.6) is 11.5 Å². The molecule has 1 aromatic heterocycles. The van der Waals surface area contributed by atoms with Gasteiger partial charge in [-0.05, 0) is 35.9 Å². The van der Waals surface area contributed by atoms with E-state index in [-0.39, 0.29) is 18.0 Å². The molecule has 2 aromatic rings. The Bertz CT molecular complexity index is 820. The van der Waals surface area contributed by atoms with E-state index < -0.39 is 25.1 Å². The van der Waals surface area contributed by atoms with E-state index in [4.69, 9.17) is 13.9 Å². The van der Waals surface area contributed by atoms with Crippen molar-refractivity contribution in [1.82, 2.24) is 4.90 Å². The first-order chi connectivity index (χ1) is 13.4. The number of furan rings is 1. The van der Waals surface area contributed by atoms with Gasteiger partial charge in [-0.25, -0.2) is 4.79 Å². The van der Waals surface area contributed by atoms with Crippen molar-refractivity contribution in [1.29, 1.82) is 0 Å². The van der Waals surface area contributed by atoms with E-state index in [0.29, 0.717) is 11.3 Å². The predicted octanol–water partition coefficient (Wildman–Crippen LogP) is 3.10. The fourth-order valence-electron chi connectivity index (χ4n) is 2.16. The summed E-state index contributed by atoms with van der Waals surface area (Å²) in [6.45, 7) is -3.15. The van der Waals surface area contributed by atoms with Gasteiger partial charge in [-0.15, -0.1) is 0 Å². The monoisotopic (exact) mass is 395 g/mol. The molecule has 0 saturated carbocycles. The zero-order chi connectivity index (χ0) is 20.5. The van der Waals surface area contributed by atoms with Gasteiger partial charge >= 0.3 is 12.6 Å². The Kier molecular flexibility index (Phi) is 7.55. The molecule has 0 unspecified atom stereocenters. The van der Waals surface area contributed by atoms with Crippen molar-refractivity contribution in [2.24, 2.45) is 0 Å². The molecule has 0 aliphatic rings. The largest absolute Gasteiger partial charge is 0.493 e. The van der Waals surface area contributed by atoms with Crippen molar-refractivity contribution in [3.8, 4) is 11.5 Å². The normalized spacial score (nSPS) is 10.9. The van der Waals surface area contributed by atoms with Crippen molar-refractivity contribution >= 4 is 18.0 Å². The van der Waals surface area contributed by atoms with Crippen molar-refractivity contribution in [2.75, 3.05) is 20.8 Å². The van der Waals surface area contributed by atoms with Crippen LogP contribution in [0.1, 0.15) is 11.3 Å². The molecule has 0 aliphatic heterocycles. The zero-order valence-corrected chi connectivity index (χ0v) is 15.3. The fraction of sp³-hybridized carbons (Fsp3) is 0.263. The van der Waals surface area contributed by atoms with Gasteiger partial charge in [0.15, 0.2) is 18.1 Å². The lowest BCUT2D eigenvalue weighted by Crippen LogP contribution is -2.30. The van der Waals surface area contributed by atoms with E-state index in [1.807, 2.05) is 0 Å². The maximum atomic E-state index is 12.3. The molecule has 28 heavy (non-hydrogen) atoms. The third-order valence-corrected chi connectivity index (χ3v) is 3.55. The van der Waals surface area contributed by atoms with Gasteiger partial charge in [0.05, 0.1) is 19.9 Å². The number of benzene rings is 1. The highest BCUT2D eigenvalue weighted by atomic mass is 19.3. The predicted molar refractivity (Wildman–Crippen MR) is 94.8 cm³/mol. The molecule has 0 bridgehead atoms. The summed E-state index contributed by atoms with van der Waals surface area (Å²) in [5, 5.41) is 0. The Hall–Kier alpha value is -3.36. The van der Waals surface area contributed by atoms with Gasteiger partial charge in [-0.1, -0.05) is 6.07 Å². The first kappa shape index (κ1) is 20.9. The Morgan fingerprint density at radius 3 is 2.68 bits per heavy atom. The number of carbonyl (C=O) groups excluding carboxylic acids is 2. The summed E-state index contributed by atoms with van der Waals surface area (Å²) in [5.74, 6) is -0.553. The van der Waals surface area contributed by atoms with Gasteiger partial charge in [0.25, 0.3) is 5.91 Å². The summed E-state index contributed by atoms with van der Waals surface area (Å²) in [6, 6.07) is 7.61. The molecule has 1 aromatic carbocycles. The van der Waals surface area contributed by atoms with E-state index in [0.717, 1.165) is 6.08 Å². The molecule has 7 nitrogen and oxygen atoms in total. The average Bonchev–Trinajstić information content (AvgIpc) is 3.17. The first-order valence-electron chi connectivity index (χ1n) is 8.13. The van der Waals surface area contributed by atoms with Crippen LogP contribution >= 0.6 is 0 Å². The van der Waals surface area contributed by atoms with Gasteiger partial charge in [0.2, 0.25) is 0 Å². The molecule has 0 N–H and O–H groups in total. The summed E-state index contributed by atoms with van der Waals surface area (Å²) in [4.78, 5) is 25.1. The Morgan fingerprint density at radius 2 is 2.04 bits per heavy atom. The Balaban J connectivity index is 1.86. The number of carbonyl (C=O) groups is 2. The number of hydrogen-bond donors (Lipinski definition) is 0. The number of amides is 1. The van der Waals surface area contributed by atoms with E-state index in [2.05, 4.69) is 4.74 Å². The average molecular weight is 395 g/mol. The second-order valence-electron chi connectivity index (χ2n) is 5.56. The van der Waals surface area contributed by atoms with Gasteiger partial charge < -0.3 is 23.5 Å². The maximum absolute atomic E-state index is 12.3. The zero-order valence-electron chi connectivity index (χ0n) is 15.3. The van der Waals surface area contributed by atoms with Crippen LogP contribution in [0.2, 0.25) is 0 Å². The van der Waals surface area contributed by atoms with Crippen molar-refractivity contribution < 1.29 is 37.0 Å². The molecule has 0 atom stereocenters. The van der Waals surface area contributed by atoms with E-state index in [1.165, 1.54) is 42.5 Å². The summed E-state index contributed by atoms with van der Waals surface area (Å²) in [5.41, 5.74) is 0.497. The number of hydrogen-bond acceptors (Lipinski definition) is 6. The fourth-order valence-corrected chi connectivity index (χ4v) is 2.16. The molecule has 0 radical (unpaired) electrons. The lowest BCUT2D eigenvalue weighted by molar-refractivity contribution is -0.147. The summed E-state index contributed by atoms with van der Waals surface area (Å²) in [7, 11) is 2.87. The van der Waals surface area contributed by atoms with Crippen LogP contribution in [0, 0.1) is 0 Å². The molecule has 150 valence electrons. The molecular weight excluding hydrogens is 376 g/mol. The van der Waals surface area contributed by atoms with E-state index in [1.54, 1.807) is 19.2 Å². The van der Waals surface area contributed by atoms with Crippen molar-refractivity contribution in [3.63, 3.8) is 0 Å². The maximum Gasteiger partial charge on any atom is 0.387 e. The number of likely N-dealkylation sites (N-methyl/N-ethyl adjacent to an activating group) is 1. The lowest BCUT2D eigenvalue weighted by Gasteiger charge is -2.15. The number of esters is 1. The number of methoxy groups -OCH3 is 1. The molecular formula is C19H19F2NO6. The highest BCUT2D eigenvalue weighted by molar-refractivity contribution is 5.89. The molecule has 1 amide bonds. The van der Waals surface area contributed by atoms with Crippen molar-refractivity contribution in [2.45, 2.75) is 13.2 Å². The molecule has 9 heteroatoms. The van der Waals surface area contributed by atoms with Crippen LogP contribution < -0.4 is 9.47 Å². The van der Waals surface area contributed by atoms with Crippen LogP contribution in [-0.2, 0) is 20.9 Å². The Morgan fingerprint density at radius 1 is 1.25 bits per heavy atom. The highest BCUT2D eigenvalue weighted by Crippen LogP contribution is 2.29. The van der Waals surface area contributed by atoms with Crippen LogP contribution in [0.15, 0.2) is 47.1 Å². The minimum atomic E-state index is -2.98. The lowest BCUT2D eigenvalue weighted by atomic mass is 10.2. The first-order valence-corrected chi connectivity index (χ1v) is 8.13. The SMILES string of the molecule is COc1cc(/C=C/C(=O)OCC(=O)N(C)Cc2ccco2)ccc1OC(F)F. The Labute approximate surface area is 160 Å². The minimum absolute atomic E-state index is 0.0885. The number of halogens is 2. The summed E-state index contributed by atoms with van der Waals surface area (Å²) >= 11 is 0. The molecule has 0 fully saturated rings.